The predicted octanol–water partition coefficient (Wildman–Crippen LogP) is 1.25. The van der Waals surface area contributed by atoms with Crippen LogP contribution in [0.1, 0.15) is 17.3 Å². The minimum atomic E-state index is -1.30. The van der Waals surface area contributed by atoms with Crippen molar-refractivity contribution in [2.24, 2.45) is 0 Å². The number of aryl methyl sites for hydroxylation is 1. The van der Waals surface area contributed by atoms with Crippen molar-refractivity contribution < 1.29 is 14.3 Å². The lowest BCUT2D eigenvalue weighted by Gasteiger charge is -2.08. The fraction of sp³-hybridized carbons (Fsp3) is 0.182. The molecule has 0 amide bonds. The molecule has 0 radical (unpaired) electrons. The van der Waals surface area contributed by atoms with Crippen LogP contribution in [0.3, 0.4) is 0 Å². The van der Waals surface area contributed by atoms with Gasteiger partial charge in [0, 0.05) is 12.7 Å². The van der Waals surface area contributed by atoms with E-state index in [2.05, 4.69) is 4.98 Å². The van der Waals surface area contributed by atoms with Crippen molar-refractivity contribution in [2.75, 3.05) is 0 Å². The highest BCUT2D eigenvalue weighted by molar-refractivity contribution is 5.91. The molecule has 6 heteroatoms. The number of carboxylic acid groups (broad SMARTS) is 1. The van der Waals surface area contributed by atoms with Gasteiger partial charge in [0.25, 0.3) is 0 Å². The Morgan fingerprint density at radius 3 is 2.82 bits per heavy atom. The molecule has 0 unspecified atom stereocenters. The van der Waals surface area contributed by atoms with Gasteiger partial charge in [-0.1, -0.05) is 0 Å². The quantitative estimate of drug-likeness (QED) is 0.796. The second-order valence-corrected chi connectivity index (χ2v) is 3.47. The zero-order valence-electron chi connectivity index (χ0n) is 8.98. The van der Waals surface area contributed by atoms with Crippen LogP contribution >= 0.6 is 0 Å². The molecular formula is C11H9FN2O3. The minimum absolute atomic E-state index is 0.105. The molecule has 2 aromatic heterocycles. The van der Waals surface area contributed by atoms with E-state index in [0.717, 1.165) is 6.07 Å². The molecule has 0 spiro atoms. The summed E-state index contributed by atoms with van der Waals surface area (Å²) in [5.41, 5.74) is -0.833. The van der Waals surface area contributed by atoms with Crippen LogP contribution in [0.5, 0.6) is 0 Å². The SMILES string of the molecule is CCn1cc(C(=O)O)c(=O)c2ccc(F)nc21. The minimum Gasteiger partial charge on any atom is -0.477 e. The number of halogens is 1. The lowest BCUT2D eigenvalue weighted by molar-refractivity contribution is 0.0695. The van der Waals surface area contributed by atoms with Crippen LogP contribution in [0.2, 0.25) is 0 Å². The fourth-order valence-corrected chi connectivity index (χ4v) is 1.64. The van der Waals surface area contributed by atoms with Crippen molar-refractivity contribution in [1.29, 1.82) is 0 Å². The average Bonchev–Trinajstić information content (AvgIpc) is 2.29. The third-order valence-corrected chi connectivity index (χ3v) is 2.46. The molecule has 2 rings (SSSR count). The number of pyridine rings is 2. The summed E-state index contributed by atoms with van der Waals surface area (Å²) in [6.45, 7) is 2.15. The number of rotatable bonds is 2. The topological polar surface area (TPSA) is 72.2 Å². The number of carbonyl (C=O) groups is 1. The highest BCUT2D eigenvalue weighted by Gasteiger charge is 2.14. The van der Waals surface area contributed by atoms with E-state index in [1.54, 1.807) is 6.92 Å². The van der Waals surface area contributed by atoms with Crippen molar-refractivity contribution in [2.45, 2.75) is 13.5 Å². The molecule has 0 aliphatic heterocycles. The van der Waals surface area contributed by atoms with E-state index >= 15 is 0 Å². The smallest absolute Gasteiger partial charge is 0.341 e. The Bertz CT molecular complexity index is 664. The van der Waals surface area contributed by atoms with E-state index < -0.39 is 17.3 Å². The Labute approximate surface area is 95.1 Å². The van der Waals surface area contributed by atoms with E-state index in [1.807, 2.05) is 0 Å². The summed E-state index contributed by atoms with van der Waals surface area (Å²) in [5, 5.41) is 9.00. The third-order valence-electron chi connectivity index (χ3n) is 2.46. The third kappa shape index (κ3) is 1.77. The molecule has 2 heterocycles. The maximum absolute atomic E-state index is 13.0. The van der Waals surface area contributed by atoms with Gasteiger partial charge in [-0.15, -0.1) is 0 Å². The van der Waals surface area contributed by atoms with Crippen LogP contribution in [0.4, 0.5) is 4.39 Å². The van der Waals surface area contributed by atoms with Crippen LogP contribution < -0.4 is 5.43 Å². The number of hydrogen-bond donors (Lipinski definition) is 1. The summed E-state index contributed by atoms with van der Waals surface area (Å²) in [6.07, 6.45) is 1.18. The second kappa shape index (κ2) is 3.97. The summed E-state index contributed by atoms with van der Waals surface area (Å²) in [5.74, 6) is -2.01. The molecule has 0 fully saturated rings. The van der Waals surface area contributed by atoms with E-state index in [4.69, 9.17) is 5.11 Å². The maximum atomic E-state index is 13.0. The number of aromatic nitrogens is 2. The summed E-state index contributed by atoms with van der Waals surface area (Å²) < 4.78 is 14.4. The van der Waals surface area contributed by atoms with Crippen LogP contribution in [0.15, 0.2) is 23.1 Å². The summed E-state index contributed by atoms with van der Waals surface area (Å²) in [7, 11) is 0. The Hall–Kier alpha value is -2.24. The van der Waals surface area contributed by atoms with Gasteiger partial charge >= 0.3 is 5.97 Å². The largest absolute Gasteiger partial charge is 0.477 e. The molecule has 88 valence electrons. The Balaban J connectivity index is 2.95. The number of nitrogens with zero attached hydrogens (tertiary/aromatic N) is 2. The monoisotopic (exact) mass is 236 g/mol. The van der Waals surface area contributed by atoms with Gasteiger partial charge in [0.15, 0.2) is 0 Å². The first-order valence-corrected chi connectivity index (χ1v) is 4.97. The van der Waals surface area contributed by atoms with Gasteiger partial charge in [0.05, 0.1) is 5.39 Å². The zero-order chi connectivity index (χ0) is 12.6. The van der Waals surface area contributed by atoms with Crippen molar-refractivity contribution in [3.05, 3.63) is 40.1 Å². The molecule has 0 aliphatic carbocycles. The van der Waals surface area contributed by atoms with E-state index in [1.165, 1.54) is 16.8 Å². The lowest BCUT2D eigenvalue weighted by Crippen LogP contribution is -2.19. The summed E-state index contributed by atoms with van der Waals surface area (Å²) in [4.78, 5) is 26.3. The van der Waals surface area contributed by atoms with Crippen molar-refractivity contribution >= 4 is 17.0 Å². The van der Waals surface area contributed by atoms with Gasteiger partial charge in [-0.2, -0.15) is 4.39 Å². The molecule has 5 nitrogen and oxygen atoms in total. The van der Waals surface area contributed by atoms with Gasteiger partial charge in [-0.05, 0) is 19.1 Å². The Morgan fingerprint density at radius 2 is 2.24 bits per heavy atom. The lowest BCUT2D eigenvalue weighted by atomic mass is 10.2. The number of aromatic carboxylic acids is 1. The molecule has 0 aliphatic rings. The molecule has 17 heavy (non-hydrogen) atoms. The second-order valence-electron chi connectivity index (χ2n) is 3.47. The first-order valence-electron chi connectivity index (χ1n) is 4.97. The van der Waals surface area contributed by atoms with Crippen LogP contribution in [-0.2, 0) is 6.54 Å². The highest BCUT2D eigenvalue weighted by Crippen LogP contribution is 2.10. The molecule has 0 aromatic carbocycles. The number of hydrogen-bond acceptors (Lipinski definition) is 3. The van der Waals surface area contributed by atoms with E-state index in [9.17, 15) is 14.0 Å². The van der Waals surface area contributed by atoms with E-state index in [-0.39, 0.29) is 16.6 Å². The molecule has 0 saturated heterocycles. The molecule has 0 bridgehead atoms. The first kappa shape index (κ1) is 11.3. The highest BCUT2D eigenvalue weighted by atomic mass is 19.1. The summed E-state index contributed by atoms with van der Waals surface area (Å²) >= 11 is 0. The standard InChI is InChI=1S/C11H9FN2O3/c1-2-14-5-7(11(16)17)9(15)6-3-4-8(12)13-10(6)14/h3-5H,2H2,1H3,(H,16,17). The normalized spacial score (nSPS) is 10.7. The number of carboxylic acids is 1. The van der Waals surface area contributed by atoms with Crippen molar-refractivity contribution in [1.82, 2.24) is 9.55 Å². The average molecular weight is 236 g/mol. The molecule has 2 aromatic rings. The van der Waals surface area contributed by atoms with Gasteiger partial charge in [0.2, 0.25) is 11.4 Å². The van der Waals surface area contributed by atoms with Crippen LogP contribution in [-0.4, -0.2) is 20.6 Å². The fourth-order valence-electron chi connectivity index (χ4n) is 1.64. The van der Waals surface area contributed by atoms with Gasteiger partial charge < -0.3 is 9.67 Å². The van der Waals surface area contributed by atoms with Crippen LogP contribution in [0, 0.1) is 5.95 Å². The Morgan fingerprint density at radius 1 is 1.53 bits per heavy atom. The van der Waals surface area contributed by atoms with Gasteiger partial charge in [0.1, 0.15) is 11.2 Å². The van der Waals surface area contributed by atoms with Gasteiger partial charge in [-0.25, -0.2) is 9.78 Å². The summed E-state index contributed by atoms with van der Waals surface area (Å²) in [6, 6.07) is 2.29. The predicted molar refractivity (Wildman–Crippen MR) is 58.6 cm³/mol. The molecule has 1 N–H and O–H groups in total. The molecule has 0 saturated carbocycles. The molecule has 0 atom stereocenters. The number of fused-ring (bicyclic) bond motifs is 1. The van der Waals surface area contributed by atoms with Crippen LogP contribution in [0.25, 0.3) is 11.0 Å². The maximum Gasteiger partial charge on any atom is 0.341 e. The Kier molecular flexibility index (Phi) is 2.63. The molecular weight excluding hydrogens is 227 g/mol. The first-order chi connectivity index (χ1) is 8.04. The van der Waals surface area contributed by atoms with E-state index in [0.29, 0.717) is 6.54 Å². The zero-order valence-corrected chi connectivity index (χ0v) is 8.98. The van der Waals surface area contributed by atoms with Crippen molar-refractivity contribution in [3.63, 3.8) is 0 Å². The van der Waals surface area contributed by atoms with Crippen molar-refractivity contribution in [3.8, 4) is 0 Å². The van der Waals surface area contributed by atoms with Gasteiger partial charge in [-0.3, -0.25) is 4.79 Å².